The lowest BCUT2D eigenvalue weighted by Gasteiger charge is -2.24. The number of aromatic nitrogens is 1. The molecular formula is C14H14BrN3. The zero-order valence-electron chi connectivity index (χ0n) is 9.94. The molecule has 0 saturated heterocycles. The van der Waals surface area contributed by atoms with Crippen LogP contribution in [0.2, 0.25) is 0 Å². The zero-order chi connectivity index (χ0) is 12.4. The first-order chi connectivity index (χ1) is 8.86. The Balaban J connectivity index is 2.10. The minimum absolute atomic E-state index is 0.914. The lowest BCUT2D eigenvalue weighted by atomic mass is 10.1. The molecule has 92 valence electrons. The molecule has 2 aromatic rings. The molecule has 1 aliphatic heterocycles. The van der Waals surface area contributed by atoms with E-state index in [0.29, 0.717) is 0 Å². The number of anilines is 2. The molecule has 1 aromatic carbocycles. The Morgan fingerprint density at radius 2 is 2.06 bits per heavy atom. The van der Waals surface area contributed by atoms with Crippen LogP contribution in [0.1, 0.15) is 5.56 Å². The van der Waals surface area contributed by atoms with Crippen molar-refractivity contribution in [2.45, 2.75) is 6.54 Å². The lowest BCUT2D eigenvalue weighted by Crippen LogP contribution is -2.25. The van der Waals surface area contributed by atoms with Crippen LogP contribution in [0.5, 0.6) is 0 Å². The highest BCUT2D eigenvalue weighted by Crippen LogP contribution is 2.32. The van der Waals surface area contributed by atoms with E-state index in [4.69, 9.17) is 0 Å². The molecule has 2 heterocycles. The van der Waals surface area contributed by atoms with Crippen molar-refractivity contribution in [3.8, 4) is 0 Å². The van der Waals surface area contributed by atoms with E-state index in [1.807, 2.05) is 18.3 Å². The van der Waals surface area contributed by atoms with Crippen LogP contribution in [-0.2, 0) is 6.54 Å². The second-order valence-corrected chi connectivity index (χ2v) is 5.12. The molecule has 0 saturated carbocycles. The van der Waals surface area contributed by atoms with E-state index < -0.39 is 0 Å². The van der Waals surface area contributed by atoms with Crippen LogP contribution in [0.3, 0.4) is 0 Å². The molecule has 0 bridgehead atoms. The van der Waals surface area contributed by atoms with E-state index >= 15 is 0 Å². The average molecular weight is 304 g/mol. The molecule has 0 amide bonds. The van der Waals surface area contributed by atoms with E-state index in [1.54, 1.807) is 0 Å². The molecule has 3 nitrogen and oxygen atoms in total. The van der Waals surface area contributed by atoms with Crippen LogP contribution in [0.25, 0.3) is 0 Å². The highest BCUT2D eigenvalue weighted by molar-refractivity contribution is 9.10. The zero-order valence-corrected chi connectivity index (χ0v) is 11.5. The molecule has 1 aliphatic rings. The minimum Gasteiger partial charge on any atom is -0.324 e. The molecule has 3 rings (SSSR count). The second-order valence-electron chi connectivity index (χ2n) is 4.27. The molecule has 0 spiro atoms. The van der Waals surface area contributed by atoms with Crippen molar-refractivity contribution >= 4 is 27.4 Å². The van der Waals surface area contributed by atoms with Crippen LogP contribution >= 0.6 is 15.9 Å². The van der Waals surface area contributed by atoms with Crippen molar-refractivity contribution in [3.63, 3.8) is 0 Å². The summed E-state index contributed by atoms with van der Waals surface area (Å²) in [6.07, 6.45) is 1.83. The van der Waals surface area contributed by atoms with Gasteiger partial charge in [0.25, 0.3) is 0 Å². The van der Waals surface area contributed by atoms with Gasteiger partial charge in [-0.05, 0) is 39.7 Å². The summed E-state index contributed by atoms with van der Waals surface area (Å²) in [6, 6.07) is 12.4. The van der Waals surface area contributed by atoms with Gasteiger partial charge in [-0.15, -0.1) is 0 Å². The van der Waals surface area contributed by atoms with Crippen molar-refractivity contribution < 1.29 is 0 Å². The predicted octanol–water partition coefficient (Wildman–Crippen LogP) is 3.09. The maximum Gasteiger partial charge on any atom is 0.147 e. The van der Waals surface area contributed by atoms with Crippen molar-refractivity contribution in [2.24, 2.45) is 0 Å². The number of hydrogen-bond acceptors (Lipinski definition) is 3. The van der Waals surface area contributed by atoms with Gasteiger partial charge in [-0.2, -0.15) is 0 Å². The van der Waals surface area contributed by atoms with E-state index in [-0.39, 0.29) is 0 Å². The van der Waals surface area contributed by atoms with E-state index in [9.17, 15) is 0 Å². The number of rotatable bonds is 1. The lowest BCUT2D eigenvalue weighted by molar-refractivity contribution is 0.711. The smallest absolute Gasteiger partial charge is 0.147 e. The predicted molar refractivity (Wildman–Crippen MR) is 77.1 cm³/mol. The number of nitrogens with zero attached hydrogens (tertiary/aromatic N) is 2. The van der Waals surface area contributed by atoms with E-state index in [0.717, 1.165) is 29.9 Å². The molecule has 0 fully saturated rings. The third-order valence-electron chi connectivity index (χ3n) is 3.10. The minimum atomic E-state index is 0.914. The number of nitrogens with one attached hydrogen (secondary N) is 1. The Kier molecular flexibility index (Phi) is 3.30. The van der Waals surface area contributed by atoms with Gasteiger partial charge in [-0.25, -0.2) is 4.98 Å². The van der Waals surface area contributed by atoms with E-state index in [2.05, 4.69) is 55.4 Å². The summed E-state index contributed by atoms with van der Waals surface area (Å²) in [5.41, 5.74) is 2.55. The van der Waals surface area contributed by atoms with Crippen LogP contribution < -0.4 is 10.2 Å². The summed E-state index contributed by atoms with van der Waals surface area (Å²) in [5.74, 6) is 0.980. The first-order valence-corrected chi connectivity index (χ1v) is 6.82. The number of fused-ring (bicyclic) bond motifs is 1. The van der Waals surface area contributed by atoms with Gasteiger partial charge in [0, 0.05) is 31.5 Å². The molecular weight excluding hydrogens is 290 g/mol. The Hall–Kier alpha value is -1.39. The summed E-state index contributed by atoms with van der Waals surface area (Å²) in [6.45, 7) is 2.79. The van der Waals surface area contributed by atoms with Gasteiger partial charge in [0.2, 0.25) is 0 Å². The number of hydrogen-bond donors (Lipinski definition) is 1. The van der Waals surface area contributed by atoms with Gasteiger partial charge in [-0.1, -0.05) is 18.2 Å². The number of benzene rings is 1. The highest BCUT2D eigenvalue weighted by Gasteiger charge is 2.18. The van der Waals surface area contributed by atoms with Crippen LogP contribution in [0.4, 0.5) is 11.5 Å². The Morgan fingerprint density at radius 1 is 1.17 bits per heavy atom. The third-order valence-corrected chi connectivity index (χ3v) is 3.72. The molecule has 4 heteroatoms. The van der Waals surface area contributed by atoms with Gasteiger partial charge in [-0.3, -0.25) is 0 Å². The number of pyridine rings is 1. The van der Waals surface area contributed by atoms with Gasteiger partial charge in [0.15, 0.2) is 0 Å². The Morgan fingerprint density at radius 3 is 2.94 bits per heavy atom. The maximum atomic E-state index is 4.49. The SMILES string of the molecule is Brc1cccnc1N1CCNCc2ccccc21. The topological polar surface area (TPSA) is 28.2 Å². The molecule has 0 atom stereocenters. The summed E-state index contributed by atoms with van der Waals surface area (Å²) in [5, 5.41) is 3.44. The summed E-state index contributed by atoms with van der Waals surface area (Å²) in [4.78, 5) is 6.76. The van der Waals surface area contributed by atoms with Crippen molar-refractivity contribution in [1.82, 2.24) is 10.3 Å². The van der Waals surface area contributed by atoms with Gasteiger partial charge in [0.05, 0.1) is 4.47 Å². The molecule has 0 radical (unpaired) electrons. The molecule has 0 unspecified atom stereocenters. The molecule has 1 N–H and O–H groups in total. The fourth-order valence-electron chi connectivity index (χ4n) is 2.25. The Bertz CT molecular complexity index is 556. The average Bonchev–Trinajstić information content (AvgIpc) is 2.62. The number of para-hydroxylation sites is 1. The van der Waals surface area contributed by atoms with Crippen molar-refractivity contribution in [1.29, 1.82) is 0 Å². The fourth-order valence-corrected chi connectivity index (χ4v) is 2.72. The molecule has 0 aliphatic carbocycles. The van der Waals surface area contributed by atoms with E-state index in [1.165, 1.54) is 11.3 Å². The summed E-state index contributed by atoms with van der Waals surface area (Å²) < 4.78 is 1.03. The van der Waals surface area contributed by atoms with Gasteiger partial charge >= 0.3 is 0 Å². The third kappa shape index (κ3) is 2.13. The first kappa shape index (κ1) is 11.7. The fraction of sp³-hybridized carbons (Fsp3) is 0.214. The first-order valence-electron chi connectivity index (χ1n) is 6.03. The monoisotopic (exact) mass is 303 g/mol. The normalized spacial score (nSPS) is 15.1. The van der Waals surface area contributed by atoms with Gasteiger partial charge in [0.1, 0.15) is 5.82 Å². The molecule has 1 aromatic heterocycles. The van der Waals surface area contributed by atoms with Crippen molar-refractivity contribution in [2.75, 3.05) is 18.0 Å². The highest BCUT2D eigenvalue weighted by atomic mass is 79.9. The standard InChI is InChI=1S/C14H14BrN3/c15-12-5-3-7-17-14(12)18-9-8-16-10-11-4-1-2-6-13(11)18/h1-7,16H,8-10H2. The summed E-state index contributed by atoms with van der Waals surface area (Å²) in [7, 11) is 0. The second kappa shape index (κ2) is 5.08. The van der Waals surface area contributed by atoms with Crippen LogP contribution in [-0.4, -0.2) is 18.1 Å². The largest absolute Gasteiger partial charge is 0.324 e. The van der Waals surface area contributed by atoms with Crippen LogP contribution in [0.15, 0.2) is 47.1 Å². The maximum absolute atomic E-state index is 4.49. The number of halogens is 1. The quantitative estimate of drug-likeness (QED) is 0.877. The van der Waals surface area contributed by atoms with Gasteiger partial charge < -0.3 is 10.2 Å². The molecule has 18 heavy (non-hydrogen) atoms. The Labute approximate surface area is 115 Å². The summed E-state index contributed by atoms with van der Waals surface area (Å²) >= 11 is 3.58. The van der Waals surface area contributed by atoms with Crippen LogP contribution in [0, 0.1) is 0 Å². The van der Waals surface area contributed by atoms with Crippen molar-refractivity contribution in [3.05, 3.63) is 52.6 Å².